The fourth-order valence-electron chi connectivity index (χ4n) is 3.52. The molecule has 1 saturated heterocycles. The Balaban J connectivity index is 1.35. The average molecular weight is 394 g/mol. The SMILES string of the molecule is Cc1ccc(-c2noc(CN3CCCC(C(=O)Nc4ccc(F)cc4)C3)n2)cc1. The van der Waals surface area contributed by atoms with Gasteiger partial charge in [-0.2, -0.15) is 4.98 Å². The predicted octanol–water partition coefficient (Wildman–Crippen LogP) is 4.03. The zero-order valence-corrected chi connectivity index (χ0v) is 16.3. The molecule has 1 aliphatic rings. The maximum absolute atomic E-state index is 13.0. The monoisotopic (exact) mass is 394 g/mol. The smallest absolute Gasteiger partial charge is 0.241 e. The molecule has 1 amide bonds. The van der Waals surface area contributed by atoms with Gasteiger partial charge in [-0.25, -0.2) is 4.39 Å². The number of nitrogens with one attached hydrogen (secondary N) is 1. The third kappa shape index (κ3) is 4.86. The van der Waals surface area contributed by atoms with Crippen LogP contribution in [0.15, 0.2) is 53.1 Å². The molecule has 0 saturated carbocycles. The number of carbonyl (C=O) groups is 1. The highest BCUT2D eigenvalue weighted by molar-refractivity contribution is 5.92. The van der Waals surface area contributed by atoms with Crippen molar-refractivity contribution < 1.29 is 13.7 Å². The van der Waals surface area contributed by atoms with Crippen molar-refractivity contribution in [3.05, 3.63) is 65.8 Å². The Kier molecular flexibility index (Phi) is 5.67. The summed E-state index contributed by atoms with van der Waals surface area (Å²) in [7, 11) is 0. The highest BCUT2D eigenvalue weighted by atomic mass is 19.1. The average Bonchev–Trinajstić information content (AvgIpc) is 3.19. The zero-order chi connectivity index (χ0) is 20.2. The van der Waals surface area contributed by atoms with Crippen LogP contribution in [-0.4, -0.2) is 34.0 Å². The minimum atomic E-state index is -0.323. The highest BCUT2D eigenvalue weighted by Crippen LogP contribution is 2.22. The summed E-state index contributed by atoms with van der Waals surface area (Å²) >= 11 is 0. The third-order valence-corrected chi connectivity index (χ3v) is 5.12. The van der Waals surface area contributed by atoms with Crippen LogP contribution in [0.25, 0.3) is 11.4 Å². The van der Waals surface area contributed by atoms with E-state index in [1.165, 1.54) is 17.7 Å². The maximum atomic E-state index is 13.0. The minimum Gasteiger partial charge on any atom is -0.338 e. The van der Waals surface area contributed by atoms with Crippen molar-refractivity contribution in [3.63, 3.8) is 0 Å². The van der Waals surface area contributed by atoms with Crippen LogP contribution in [0.3, 0.4) is 0 Å². The Morgan fingerprint density at radius 2 is 1.97 bits per heavy atom. The Bertz CT molecular complexity index is 969. The fourth-order valence-corrected chi connectivity index (χ4v) is 3.52. The lowest BCUT2D eigenvalue weighted by Crippen LogP contribution is -2.40. The quantitative estimate of drug-likeness (QED) is 0.707. The van der Waals surface area contributed by atoms with Crippen LogP contribution in [0.2, 0.25) is 0 Å². The molecule has 0 bridgehead atoms. The molecule has 29 heavy (non-hydrogen) atoms. The number of amides is 1. The van der Waals surface area contributed by atoms with Gasteiger partial charge in [0.1, 0.15) is 5.82 Å². The predicted molar refractivity (Wildman–Crippen MR) is 108 cm³/mol. The van der Waals surface area contributed by atoms with E-state index in [1.807, 2.05) is 31.2 Å². The molecule has 0 aliphatic carbocycles. The first-order valence-electron chi connectivity index (χ1n) is 9.75. The molecular weight excluding hydrogens is 371 g/mol. The Morgan fingerprint density at radius 3 is 2.72 bits per heavy atom. The molecule has 3 aromatic rings. The maximum Gasteiger partial charge on any atom is 0.241 e. The van der Waals surface area contributed by atoms with E-state index in [2.05, 4.69) is 20.4 Å². The lowest BCUT2D eigenvalue weighted by atomic mass is 9.97. The van der Waals surface area contributed by atoms with Crippen LogP contribution >= 0.6 is 0 Å². The number of rotatable bonds is 5. The van der Waals surface area contributed by atoms with Gasteiger partial charge in [0, 0.05) is 17.8 Å². The Morgan fingerprint density at radius 1 is 1.21 bits per heavy atom. The van der Waals surface area contributed by atoms with Crippen molar-refractivity contribution in [2.75, 3.05) is 18.4 Å². The summed E-state index contributed by atoms with van der Waals surface area (Å²) in [5.41, 5.74) is 2.70. The number of hydrogen-bond acceptors (Lipinski definition) is 5. The van der Waals surface area contributed by atoms with Gasteiger partial charge in [-0.1, -0.05) is 35.0 Å². The summed E-state index contributed by atoms with van der Waals surface area (Å²) in [5, 5.41) is 6.95. The van der Waals surface area contributed by atoms with Gasteiger partial charge in [0.15, 0.2) is 0 Å². The molecule has 4 rings (SSSR count). The van der Waals surface area contributed by atoms with Crippen LogP contribution < -0.4 is 5.32 Å². The van der Waals surface area contributed by atoms with Gasteiger partial charge >= 0.3 is 0 Å². The van der Waals surface area contributed by atoms with Crippen LogP contribution in [0, 0.1) is 18.7 Å². The second-order valence-electron chi connectivity index (χ2n) is 7.45. The van der Waals surface area contributed by atoms with Crippen LogP contribution in [0.1, 0.15) is 24.3 Å². The topological polar surface area (TPSA) is 71.3 Å². The summed E-state index contributed by atoms with van der Waals surface area (Å²) in [4.78, 5) is 19.2. The lowest BCUT2D eigenvalue weighted by molar-refractivity contribution is -0.121. The number of aryl methyl sites for hydroxylation is 1. The number of hydrogen-bond donors (Lipinski definition) is 1. The Labute approximate surface area is 168 Å². The van der Waals surface area contributed by atoms with Gasteiger partial charge in [-0.05, 0) is 50.6 Å². The molecule has 6 nitrogen and oxygen atoms in total. The third-order valence-electron chi connectivity index (χ3n) is 5.12. The lowest BCUT2D eigenvalue weighted by Gasteiger charge is -2.30. The van der Waals surface area contributed by atoms with E-state index >= 15 is 0 Å². The molecule has 1 atom stereocenters. The van der Waals surface area contributed by atoms with Crippen LogP contribution in [-0.2, 0) is 11.3 Å². The first-order chi connectivity index (χ1) is 14.1. The number of nitrogens with zero attached hydrogens (tertiary/aromatic N) is 3. The van der Waals surface area contributed by atoms with Crippen molar-refractivity contribution in [2.24, 2.45) is 5.92 Å². The molecule has 1 unspecified atom stereocenters. The zero-order valence-electron chi connectivity index (χ0n) is 16.3. The molecule has 1 aromatic heterocycles. The van der Waals surface area contributed by atoms with Gasteiger partial charge in [-0.3, -0.25) is 9.69 Å². The van der Waals surface area contributed by atoms with Crippen molar-refractivity contribution in [1.82, 2.24) is 15.0 Å². The normalized spacial score (nSPS) is 17.2. The molecule has 1 N–H and O–H groups in total. The molecule has 0 radical (unpaired) electrons. The number of benzene rings is 2. The molecule has 2 aromatic carbocycles. The molecule has 150 valence electrons. The number of halogens is 1. The summed E-state index contributed by atoms with van der Waals surface area (Å²) in [6.45, 7) is 4.04. The second-order valence-corrected chi connectivity index (χ2v) is 7.45. The van der Waals surface area contributed by atoms with E-state index in [4.69, 9.17) is 4.52 Å². The van der Waals surface area contributed by atoms with E-state index in [0.717, 1.165) is 24.9 Å². The summed E-state index contributed by atoms with van der Waals surface area (Å²) in [5.74, 6) is 0.611. The minimum absolute atomic E-state index is 0.0489. The van der Waals surface area contributed by atoms with E-state index < -0.39 is 0 Å². The number of likely N-dealkylation sites (tertiary alicyclic amines) is 1. The van der Waals surface area contributed by atoms with Gasteiger partial charge in [0.05, 0.1) is 12.5 Å². The first kappa shape index (κ1) is 19.3. The molecule has 2 heterocycles. The van der Waals surface area contributed by atoms with Gasteiger partial charge < -0.3 is 9.84 Å². The van der Waals surface area contributed by atoms with Crippen molar-refractivity contribution in [1.29, 1.82) is 0 Å². The number of carbonyl (C=O) groups excluding carboxylic acids is 1. The van der Waals surface area contributed by atoms with Crippen molar-refractivity contribution >= 4 is 11.6 Å². The van der Waals surface area contributed by atoms with E-state index in [9.17, 15) is 9.18 Å². The number of anilines is 1. The summed E-state index contributed by atoms with van der Waals surface area (Å²) in [6, 6.07) is 13.8. The van der Waals surface area contributed by atoms with Gasteiger partial charge in [0.25, 0.3) is 0 Å². The standard InChI is InChI=1S/C22H23FN4O2/c1-15-4-6-16(7-5-15)21-25-20(29-26-21)14-27-12-2-3-17(13-27)22(28)24-19-10-8-18(23)9-11-19/h4-11,17H,2-3,12-14H2,1H3,(H,24,28). The van der Waals surface area contributed by atoms with Gasteiger partial charge in [-0.15, -0.1) is 0 Å². The largest absolute Gasteiger partial charge is 0.338 e. The van der Waals surface area contributed by atoms with Crippen LogP contribution in [0.4, 0.5) is 10.1 Å². The number of aromatic nitrogens is 2. The summed E-state index contributed by atoms with van der Waals surface area (Å²) < 4.78 is 18.4. The van der Waals surface area contributed by atoms with E-state index in [-0.39, 0.29) is 17.6 Å². The molecular formula is C22H23FN4O2. The van der Waals surface area contributed by atoms with E-state index in [0.29, 0.717) is 30.5 Å². The van der Waals surface area contributed by atoms with Crippen molar-refractivity contribution in [2.45, 2.75) is 26.3 Å². The molecule has 7 heteroatoms. The highest BCUT2D eigenvalue weighted by Gasteiger charge is 2.27. The molecule has 1 fully saturated rings. The van der Waals surface area contributed by atoms with E-state index in [1.54, 1.807) is 12.1 Å². The van der Waals surface area contributed by atoms with Gasteiger partial charge in [0.2, 0.25) is 17.6 Å². The second kappa shape index (κ2) is 8.53. The van der Waals surface area contributed by atoms with Crippen molar-refractivity contribution in [3.8, 4) is 11.4 Å². The summed E-state index contributed by atoms with van der Waals surface area (Å²) in [6.07, 6.45) is 1.74. The Hall–Kier alpha value is -3.06. The first-order valence-corrected chi connectivity index (χ1v) is 9.75. The number of piperidine rings is 1. The molecule has 1 aliphatic heterocycles. The van der Waals surface area contributed by atoms with Crippen LogP contribution in [0.5, 0.6) is 0 Å². The molecule has 0 spiro atoms. The fraction of sp³-hybridized carbons (Fsp3) is 0.318.